The van der Waals surface area contributed by atoms with Crippen molar-refractivity contribution in [3.8, 4) is 0 Å². The van der Waals surface area contributed by atoms with E-state index < -0.39 is 0 Å². The highest BCUT2D eigenvalue weighted by Crippen LogP contribution is 2.34. The Morgan fingerprint density at radius 2 is 2.15 bits per heavy atom. The van der Waals surface area contributed by atoms with Crippen molar-refractivity contribution in [1.82, 2.24) is 0 Å². The van der Waals surface area contributed by atoms with E-state index in [-0.39, 0.29) is 0 Å². The van der Waals surface area contributed by atoms with E-state index in [0.717, 1.165) is 5.92 Å². The second-order valence-electron chi connectivity index (χ2n) is 4.65. The molecule has 1 atom stereocenters. The molecule has 0 N–H and O–H groups in total. The molecule has 0 radical (unpaired) electrons. The predicted octanol–water partition coefficient (Wildman–Crippen LogP) is 4.52. The van der Waals surface area contributed by atoms with Gasteiger partial charge in [-0.1, -0.05) is 11.6 Å². The van der Waals surface area contributed by atoms with Crippen LogP contribution >= 0.6 is 0 Å². The molecule has 13 heavy (non-hydrogen) atoms. The molecule has 0 aliphatic heterocycles. The summed E-state index contributed by atoms with van der Waals surface area (Å²) in [5.74, 6) is 2.69. The summed E-state index contributed by atoms with van der Waals surface area (Å²) in [4.78, 5) is 0. The monoisotopic (exact) mass is 179 g/mol. The third-order valence-electron chi connectivity index (χ3n) is 3.14. The fourth-order valence-corrected chi connectivity index (χ4v) is 2.21. The first-order valence-electron chi connectivity index (χ1n) is 5.66. The normalized spacial score (nSPS) is 23.0. The quantitative estimate of drug-likeness (QED) is 0.441. The maximum Gasteiger partial charge on any atom is 0.100 e. The van der Waals surface area contributed by atoms with Gasteiger partial charge in [0.15, 0.2) is 0 Å². The molecule has 0 aromatic heterocycles. The van der Waals surface area contributed by atoms with E-state index in [1.807, 2.05) is 0 Å². The second-order valence-corrected chi connectivity index (χ2v) is 4.65. The predicted molar refractivity (Wildman–Crippen MR) is 59.5 cm³/mol. The summed E-state index contributed by atoms with van der Waals surface area (Å²) in [6, 6.07) is 0. The van der Waals surface area contributed by atoms with Gasteiger partial charge in [0.05, 0.1) is 19.3 Å². The van der Waals surface area contributed by atoms with E-state index in [4.69, 9.17) is 0 Å². The van der Waals surface area contributed by atoms with Crippen LogP contribution in [0.1, 0.15) is 59.3 Å². The molecule has 1 fully saturated rings. The minimum absolute atomic E-state index is 0.935. The van der Waals surface area contributed by atoms with Crippen molar-refractivity contribution in [3.05, 3.63) is 17.6 Å². The zero-order valence-electron chi connectivity index (χ0n) is 9.40. The molecule has 0 aromatic rings. The molecule has 0 spiro atoms. The third kappa shape index (κ3) is 3.89. The van der Waals surface area contributed by atoms with Gasteiger partial charge >= 0.3 is 0 Å². The lowest BCUT2D eigenvalue weighted by Crippen LogP contribution is -2.14. The molecule has 0 heterocycles. The number of hydrogen-bond acceptors (Lipinski definition) is 0. The van der Waals surface area contributed by atoms with Crippen LogP contribution in [0.25, 0.3) is 0 Å². The van der Waals surface area contributed by atoms with Gasteiger partial charge in [0, 0.05) is 0 Å². The fourth-order valence-electron chi connectivity index (χ4n) is 2.21. The maximum atomic E-state index is 2.38. The summed E-state index contributed by atoms with van der Waals surface area (Å²) in [6.45, 7) is 6.74. The average molecular weight is 179 g/mol. The highest BCUT2D eigenvalue weighted by molar-refractivity contribution is 4.98. The van der Waals surface area contributed by atoms with E-state index in [0.29, 0.717) is 0 Å². The molecule has 0 heteroatoms. The number of rotatable bonds is 3. The van der Waals surface area contributed by atoms with Crippen molar-refractivity contribution >= 4 is 0 Å². The van der Waals surface area contributed by atoms with E-state index >= 15 is 0 Å². The van der Waals surface area contributed by atoms with Crippen molar-refractivity contribution < 1.29 is 0 Å². The van der Waals surface area contributed by atoms with Crippen LogP contribution in [0, 0.1) is 11.8 Å². The number of hydrogen-bond donors (Lipinski definition) is 0. The van der Waals surface area contributed by atoms with Gasteiger partial charge in [-0.05, 0) is 46.0 Å². The van der Waals surface area contributed by atoms with Gasteiger partial charge < -0.3 is 0 Å². The summed E-state index contributed by atoms with van der Waals surface area (Å²) in [6.07, 6.45) is 10.8. The molecule has 1 saturated carbocycles. The largest absolute Gasteiger partial charge is 0.100 e. The van der Waals surface area contributed by atoms with Gasteiger partial charge in [0.2, 0.25) is 0 Å². The lowest BCUT2D eigenvalue weighted by Gasteiger charge is -2.19. The van der Waals surface area contributed by atoms with Gasteiger partial charge in [-0.25, -0.2) is 0 Å². The van der Waals surface area contributed by atoms with E-state index in [1.165, 1.54) is 44.1 Å². The van der Waals surface area contributed by atoms with Gasteiger partial charge in [0.1, 0.15) is 5.92 Å². The number of allylic oxidation sites excluding steroid dienone is 2. The Morgan fingerprint density at radius 3 is 2.77 bits per heavy atom. The molecular weight excluding hydrogens is 156 g/mol. The average Bonchev–Trinajstić information content (AvgIpc) is 2.08. The van der Waals surface area contributed by atoms with Crippen molar-refractivity contribution in [1.29, 1.82) is 0 Å². The van der Waals surface area contributed by atoms with Crippen molar-refractivity contribution in [3.63, 3.8) is 0 Å². The molecule has 1 aliphatic carbocycles. The maximum absolute atomic E-state index is 2.38. The van der Waals surface area contributed by atoms with E-state index in [2.05, 4.69) is 26.8 Å². The van der Waals surface area contributed by atoms with Gasteiger partial charge in [0.25, 0.3) is 0 Å². The van der Waals surface area contributed by atoms with Gasteiger partial charge in [-0.2, -0.15) is 0 Å². The Bertz CT molecular complexity index is 163. The van der Waals surface area contributed by atoms with E-state index in [1.54, 1.807) is 5.92 Å². The van der Waals surface area contributed by atoms with Crippen molar-refractivity contribution in [2.45, 2.75) is 59.3 Å². The zero-order valence-corrected chi connectivity index (χ0v) is 9.40. The first-order chi connectivity index (χ1) is 6.20. The Hall–Kier alpha value is -0.390. The lowest BCUT2D eigenvalue weighted by molar-refractivity contribution is 0.377. The van der Waals surface area contributed by atoms with Crippen LogP contribution in [-0.2, 0) is 0 Å². The first kappa shape index (κ1) is 10.7. The minimum atomic E-state index is 0.935. The van der Waals surface area contributed by atoms with Gasteiger partial charge in [-0.15, -0.1) is 0 Å². The molecular formula is C13H23+. The Labute approximate surface area is 83.4 Å². The molecule has 74 valence electrons. The molecule has 0 nitrogen and oxygen atoms in total. The molecule has 0 saturated heterocycles. The Balaban J connectivity index is 2.23. The van der Waals surface area contributed by atoms with Crippen LogP contribution in [-0.4, -0.2) is 0 Å². The molecule has 1 aliphatic rings. The molecule has 0 bridgehead atoms. The van der Waals surface area contributed by atoms with Crippen LogP contribution in [0.2, 0.25) is 0 Å². The summed E-state index contributed by atoms with van der Waals surface area (Å²) < 4.78 is 0. The van der Waals surface area contributed by atoms with Crippen LogP contribution < -0.4 is 0 Å². The van der Waals surface area contributed by atoms with Gasteiger partial charge in [-0.3, -0.25) is 0 Å². The van der Waals surface area contributed by atoms with Crippen LogP contribution in [0.4, 0.5) is 0 Å². The highest BCUT2D eigenvalue weighted by atomic mass is 14.3. The highest BCUT2D eigenvalue weighted by Gasteiger charge is 2.29. The summed E-state index contributed by atoms with van der Waals surface area (Å²) in [5, 5.41) is 0. The third-order valence-corrected chi connectivity index (χ3v) is 3.14. The molecule has 1 rings (SSSR count). The van der Waals surface area contributed by atoms with Crippen molar-refractivity contribution in [2.24, 2.45) is 5.92 Å². The minimum Gasteiger partial charge on any atom is -0.0857 e. The van der Waals surface area contributed by atoms with Crippen LogP contribution in [0.3, 0.4) is 0 Å². The van der Waals surface area contributed by atoms with Crippen molar-refractivity contribution in [2.75, 3.05) is 0 Å². The standard InChI is InChI=1S/C13H23/c1-11(2)7-6-10-13-9-5-4-8-12(13)3/h7,13H,4-6,8-10H2,1-3H3/q+1. The second kappa shape index (κ2) is 5.36. The fraction of sp³-hybridized carbons (Fsp3) is 0.769. The first-order valence-corrected chi connectivity index (χ1v) is 5.66. The van der Waals surface area contributed by atoms with Crippen LogP contribution in [0.15, 0.2) is 11.6 Å². The topological polar surface area (TPSA) is 0 Å². The summed E-state index contributed by atoms with van der Waals surface area (Å²) >= 11 is 0. The lowest BCUT2D eigenvalue weighted by atomic mass is 9.78. The molecule has 0 aromatic carbocycles. The summed E-state index contributed by atoms with van der Waals surface area (Å²) in [7, 11) is 0. The Kier molecular flexibility index (Phi) is 4.41. The van der Waals surface area contributed by atoms with Crippen LogP contribution in [0.5, 0.6) is 0 Å². The smallest absolute Gasteiger partial charge is 0.0857 e. The Morgan fingerprint density at radius 1 is 1.38 bits per heavy atom. The van der Waals surface area contributed by atoms with E-state index in [9.17, 15) is 0 Å². The molecule has 1 unspecified atom stereocenters. The SMILES string of the molecule is CC(C)=CCCC1CCCC[C+]1C. The summed E-state index contributed by atoms with van der Waals surface area (Å²) in [5.41, 5.74) is 1.47. The zero-order chi connectivity index (χ0) is 9.68. The molecule has 0 amide bonds.